The molecule has 13 rings (SSSR count). The first-order valence-corrected chi connectivity index (χ1v) is 53.1. The third kappa shape index (κ3) is 29.7. The summed E-state index contributed by atoms with van der Waals surface area (Å²) in [5.41, 5.74) is 0.997. The van der Waals surface area contributed by atoms with Gasteiger partial charge in [0.2, 0.25) is 33.7 Å². The van der Waals surface area contributed by atoms with E-state index in [1.807, 2.05) is 108 Å². The van der Waals surface area contributed by atoms with Gasteiger partial charge in [0.25, 0.3) is 0 Å². The molecule has 732 valence electrons. The Kier molecular flexibility index (Phi) is 38.3. The van der Waals surface area contributed by atoms with Crippen LogP contribution in [-0.2, 0) is 87.0 Å². The summed E-state index contributed by atoms with van der Waals surface area (Å²) in [5, 5.41) is 46.9. The maximum absolute atomic E-state index is 14.2. The fraction of sp³-hybridized carbons (Fsp3) is 0.543. The molecule has 42 heteroatoms. The molecule has 3 aliphatic heterocycles. The number of hydrogen-bond acceptors (Lipinski definition) is 30. The van der Waals surface area contributed by atoms with Crippen LogP contribution in [0.4, 0.5) is 0 Å². The SMILES string of the molecule is C=CC1C[C@]1(CC(=O)[C@@H]1C[C@@H](COc2cncc(-c3ccsc3)c2)CN1C(=O)[C@@H](CC(=O)OC)C(C)(C)C)C(=O)NS(=O)(=O)C1CC1.C=CC1C[C@]1(C[I-]N)C(=O)NS(=O)(=O)C1CC1.COC(=O)C[C@H](C(=O)N1C[C@H](COc2cncc(-c3ccsc3)c2)C[C@H]1C(=O)O)C(C)(C)C.COC(=O)C[C@H](C(=O)N1C[C@H](COc2cncc(Br)c2)C[C@H]1C(=O)O)C(C)(C)C.OB(O)c1ccsc1. The molecule has 9 heterocycles. The number of sulfonamides is 2. The summed E-state index contributed by atoms with van der Waals surface area (Å²) < 4.78 is 92.2. The number of pyridine rings is 3. The number of rotatable bonds is 36. The molecule has 0 spiro atoms. The number of carboxylic acid groups (broad SMARTS) is 2. The summed E-state index contributed by atoms with van der Waals surface area (Å²) in [6.07, 6.45) is 16.8. The number of alkyl halides is 1. The van der Waals surface area contributed by atoms with Crippen molar-refractivity contribution in [1.82, 2.24) is 39.1 Å². The van der Waals surface area contributed by atoms with Crippen LogP contribution in [0.15, 0.2) is 136 Å². The second-order valence-electron chi connectivity index (χ2n) is 37.8. The van der Waals surface area contributed by atoms with E-state index in [1.54, 1.807) is 94.9 Å². The number of ether oxygens (including phenoxy) is 6. The number of methoxy groups -OCH3 is 3. The van der Waals surface area contributed by atoms with Gasteiger partial charge in [-0.25, -0.2) is 18.0 Å². The van der Waals surface area contributed by atoms with Crippen LogP contribution in [-0.4, -0.2) is 233 Å². The molecule has 34 nitrogen and oxygen atoms in total. The summed E-state index contributed by atoms with van der Waals surface area (Å²) >= 11 is 7.41. The number of allylic oxidation sites excluding steroid dienone is 2. The second kappa shape index (κ2) is 47.3. The quantitative estimate of drug-likeness (QED) is 0.00394. The molecule has 134 heavy (non-hydrogen) atoms. The van der Waals surface area contributed by atoms with Gasteiger partial charge in [0.15, 0.2) is 5.78 Å². The molecule has 5 amide bonds. The Hall–Kier alpha value is -9.15. The van der Waals surface area contributed by atoms with Crippen LogP contribution >= 0.6 is 49.9 Å². The van der Waals surface area contributed by atoms with Crippen molar-refractivity contribution in [3.8, 4) is 39.5 Å². The van der Waals surface area contributed by atoms with Crippen molar-refractivity contribution >= 4 is 148 Å². The first kappa shape index (κ1) is 109. The number of hydrogen-bond donors (Lipinski definition) is 7. The van der Waals surface area contributed by atoms with Gasteiger partial charge < -0.3 is 63.4 Å². The zero-order chi connectivity index (χ0) is 98.8. The van der Waals surface area contributed by atoms with Gasteiger partial charge >= 0.3 is 149 Å². The van der Waals surface area contributed by atoms with E-state index in [9.17, 15) is 79.8 Å². The number of esters is 3. The van der Waals surface area contributed by atoms with Crippen LogP contribution in [0, 0.1) is 74.4 Å². The second-order valence-corrected chi connectivity index (χ2v) is 46.7. The predicted octanol–water partition coefficient (Wildman–Crippen LogP) is 7.04. The molecule has 7 fully saturated rings. The molecular formula is C92H121BBrIN9O25S5-. The number of aliphatic carboxylic acids is 2. The first-order chi connectivity index (χ1) is 63.1. The number of halogens is 2. The number of nitrogens with zero attached hydrogens (tertiary/aromatic N) is 6. The molecule has 4 saturated carbocycles. The van der Waals surface area contributed by atoms with E-state index >= 15 is 0 Å². The fourth-order valence-electron chi connectivity index (χ4n) is 16.2. The smallest absolute Gasteiger partial charge is 0.489 e. The van der Waals surface area contributed by atoms with Crippen LogP contribution in [0.1, 0.15) is 146 Å². The molecular weight excluding hydrogens is 2010 g/mol. The number of Topliss-reactive ketones (excluding diaryl/α,β-unsaturated/α-hetero) is 1. The number of carbonyl (C=O) groups is 11. The van der Waals surface area contributed by atoms with E-state index in [2.05, 4.69) is 53.5 Å². The molecule has 0 aromatic carbocycles. The molecule has 8 N–H and O–H groups in total. The number of aromatic nitrogens is 3. The first-order valence-electron chi connectivity index (χ1n) is 43.6. The average Bonchev–Trinajstić information content (AvgIpc) is 1.57. The standard InChI is InChI=1S/C34H43N3O8S2.C24H30N2O6S.C20H27BrN2O6.C10H16IN2O3S.C4H5BO2S/c1-6-24-14-34(24,32(41)36-47(42,43)26-7-8-26)15-29(38)28-11-21(18-37(28)31(40)27(33(2,3)4)13-30(39)44-5)19-45-25-12-23(16-35-17-25)22-9-10-46-20-22;1-24(2,3)19(9-21(27)31-4)22(28)26-12-15(7-20(26)23(29)30)13-32-18-8-17(10-25-11-18)16-5-6-33-14-16;1-20(2,3)15(7-17(24)28-4)18(25)23-10-12(5-16(23)19(26)27)11-29-14-6-13(21)8-22-9-14;1-2-7-5-10(7,6-11-12)9(14)13-17(15,16)8-3-4-8;6-5(7)4-1-2-8-3-4/h6,9-10,12,16-17,20-21,24,26-28H,1,7-8,11,13-15,18-19H2,2-5H3,(H,36,41);5-6,8,10-11,14-15,19-20H,7,9,12-13H2,1-4H3,(H,29,30);6,8-9,12,15-16H,5,7,10-11H2,1-4H3,(H,26,27);2,7-8H,1,3-6,12H2,(H,13,14);1-3,6-7H/q;;;-1;/t21-,24?,27-,28+,34-;15-,19-,20+;12-,15-,16+;7?,10-;/m1111./s1. The van der Waals surface area contributed by atoms with Crippen molar-refractivity contribution < 1.29 is 140 Å². The number of thiophene rings is 3. The van der Waals surface area contributed by atoms with Gasteiger partial charge in [-0.1, -0.05) is 74.5 Å². The van der Waals surface area contributed by atoms with E-state index in [1.165, 1.54) is 47.4 Å². The third-order valence-electron chi connectivity index (χ3n) is 24.8. The zero-order valence-corrected chi connectivity index (χ0v) is 84.9. The minimum Gasteiger partial charge on any atom is -0.492 e. The van der Waals surface area contributed by atoms with Crippen LogP contribution in [0.3, 0.4) is 0 Å². The van der Waals surface area contributed by atoms with Crippen LogP contribution in [0.25, 0.3) is 22.3 Å². The van der Waals surface area contributed by atoms with Crippen molar-refractivity contribution in [2.75, 3.05) is 65.2 Å². The maximum atomic E-state index is 14.2. The maximum Gasteiger partial charge on any atom is 0.489 e. The number of nitrogens with one attached hydrogen (secondary N) is 2. The molecule has 13 atom stereocenters. The number of carboxylic acids is 2. The average molecular weight is 2130 g/mol. The minimum absolute atomic E-state index is 0.0835. The van der Waals surface area contributed by atoms with E-state index in [0.717, 1.165) is 26.7 Å². The van der Waals surface area contributed by atoms with Crippen molar-refractivity contribution in [3.63, 3.8) is 0 Å². The molecule has 2 unspecified atom stereocenters. The monoisotopic (exact) mass is 2130 g/mol. The van der Waals surface area contributed by atoms with Gasteiger partial charge in [0.1, 0.15) is 29.3 Å². The van der Waals surface area contributed by atoms with Gasteiger partial charge in [-0.05, 0) is 156 Å². The molecule has 7 aliphatic rings. The van der Waals surface area contributed by atoms with Gasteiger partial charge in [-0.15, -0.1) is 6.58 Å². The van der Waals surface area contributed by atoms with Gasteiger partial charge in [0.05, 0.1) is 113 Å². The molecule has 0 radical (unpaired) electrons. The van der Waals surface area contributed by atoms with Crippen molar-refractivity contribution in [2.45, 2.75) is 174 Å². The van der Waals surface area contributed by atoms with Gasteiger partial charge in [-0.3, -0.25) is 58.0 Å². The third-order valence-corrected chi connectivity index (χ3v) is 32.8. The van der Waals surface area contributed by atoms with Crippen molar-refractivity contribution in [3.05, 3.63) is 136 Å². The minimum atomic E-state index is -3.82. The van der Waals surface area contributed by atoms with Crippen molar-refractivity contribution in [1.29, 1.82) is 0 Å². The zero-order valence-electron chi connectivity index (χ0n) is 77.1. The normalized spacial score (nSPS) is 22.4. The Morgan fingerprint density at radius 3 is 1.19 bits per heavy atom. The molecule has 6 aromatic rings. The number of likely N-dealkylation sites (tertiary alicyclic amines) is 3. The van der Waals surface area contributed by atoms with Crippen LogP contribution in [0.5, 0.6) is 17.2 Å². The summed E-state index contributed by atoms with van der Waals surface area (Å²) in [5.74, 6) is -7.31. The van der Waals surface area contributed by atoms with Gasteiger partial charge in [-0.2, -0.15) is 34.0 Å². The van der Waals surface area contributed by atoms with Crippen LogP contribution in [0.2, 0.25) is 0 Å². The van der Waals surface area contributed by atoms with Crippen molar-refractivity contribution in [2.24, 2.45) is 78.4 Å². The number of ketones is 1. The van der Waals surface area contributed by atoms with E-state index in [4.69, 9.17) is 42.4 Å². The number of carbonyl (C=O) groups excluding carboxylic acids is 9. The predicted molar refractivity (Wildman–Crippen MR) is 503 cm³/mol. The Balaban J connectivity index is 0.000000204. The number of amides is 5. The van der Waals surface area contributed by atoms with Gasteiger partial charge in [0, 0.05) is 78.0 Å². The molecule has 0 bridgehead atoms. The Bertz CT molecular complexity index is 5360. The molecule has 4 aliphatic carbocycles. The summed E-state index contributed by atoms with van der Waals surface area (Å²) in [4.78, 5) is 157. The van der Waals surface area contributed by atoms with E-state index in [-0.39, 0.29) is 149 Å². The number of nitrogens with two attached hydrogens (primary N) is 1. The molecule has 3 saturated heterocycles. The van der Waals surface area contributed by atoms with E-state index < -0.39 is 153 Å². The Morgan fingerprint density at radius 1 is 0.537 bits per heavy atom. The fourth-order valence-corrected chi connectivity index (χ4v) is 23.4. The summed E-state index contributed by atoms with van der Waals surface area (Å²) in [7, 11) is -4.75. The summed E-state index contributed by atoms with van der Waals surface area (Å²) in [6.45, 7) is 25.6. The summed E-state index contributed by atoms with van der Waals surface area (Å²) in [6, 6.07) is 8.44. The Morgan fingerprint density at radius 2 is 0.888 bits per heavy atom. The largest absolute Gasteiger partial charge is 0.492 e. The van der Waals surface area contributed by atoms with E-state index in [0.29, 0.717) is 65.7 Å². The molecule has 6 aromatic heterocycles. The Labute approximate surface area is 813 Å². The van der Waals surface area contributed by atoms with Crippen LogP contribution < -0.4 is 54.5 Å². The topological polar surface area (TPSA) is 491 Å².